The monoisotopic (exact) mass is 492 g/mol. The Labute approximate surface area is 197 Å². The lowest BCUT2D eigenvalue weighted by molar-refractivity contribution is -0.136. The average Bonchev–Trinajstić information content (AvgIpc) is 3.54. The van der Waals surface area contributed by atoms with E-state index in [0.717, 1.165) is 0 Å². The Morgan fingerprint density at radius 1 is 1.39 bits per heavy atom. The average molecular weight is 493 g/mol. The molecule has 1 saturated heterocycles. The minimum absolute atomic E-state index is 0.0814. The first-order valence-corrected chi connectivity index (χ1v) is 13.1. The van der Waals surface area contributed by atoms with Crippen LogP contribution in [0.2, 0.25) is 0 Å². The lowest BCUT2D eigenvalue weighted by atomic mass is 9.98. The molecule has 0 spiro atoms. The fourth-order valence-electron chi connectivity index (χ4n) is 3.93. The van der Waals surface area contributed by atoms with Crippen LogP contribution in [-0.4, -0.2) is 53.8 Å². The molecular weight excluding hydrogens is 464 g/mol. The summed E-state index contributed by atoms with van der Waals surface area (Å²) in [7, 11) is -2.05. The zero-order valence-electron chi connectivity index (χ0n) is 19.1. The second kappa shape index (κ2) is 9.40. The van der Waals surface area contributed by atoms with E-state index in [-0.39, 0.29) is 23.3 Å². The summed E-state index contributed by atoms with van der Waals surface area (Å²) in [5, 5.41) is 4.00. The summed E-state index contributed by atoms with van der Waals surface area (Å²) in [6.07, 6.45) is 2.85. The number of aryl methyl sites for hydroxylation is 1. The summed E-state index contributed by atoms with van der Waals surface area (Å²) in [5.74, 6) is 1.20. The van der Waals surface area contributed by atoms with Gasteiger partial charge in [0.15, 0.2) is 0 Å². The van der Waals surface area contributed by atoms with Crippen molar-refractivity contribution in [1.29, 1.82) is 0 Å². The summed E-state index contributed by atoms with van der Waals surface area (Å²) >= 11 is 1.32. The first kappa shape index (κ1) is 23.7. The van der Waals surface area contributed by atoms with Gasteiger partial charge in [0.1, 0.15) is 5.76 Å². The van der Waals surface area contributed by atoms with Gasteiger partial charge in [-0.05, 0) is 38.0 Å². The van der Waals surface area contributed by atoms with E-state index in [2.05, 4.69) is 10.1 Å². The highest BCUT2D eigenvalue weighted by Gasteiger charge is 2.36. The molecular formula is C22H28N4O5S2. The van der Waals surface area contributed by atoms with E-state index in [1.165, 1.54) is 15.6 Å². The van der Waals surface area contributed by atoms with E-state index >= 15 is 0 Å². The van der Waals surface area contributed by atoms with Crippen LogP contribution < -0.4 is 0 Å². The van der Waals surface area contributed by atoms with Crippen LogP contribution in [0.3, 0.4) is 0 Å². The summed E-state index contributed by atoms with van der Waals surface area (Å²) in [6.45, 7) is 6.58. The zero-order chi connectivity index (χ0) is 23.8. The Balaban J connectivity index is 1.51. The van der Waals surface area contributed by atoms with E-state index in [9.17, 15) is 13.2 Å². The molecule has 4 heterocycles. The van der Waals surface area contributed by atoms with Gasteiger partial charge in [-0.2, -0.15) is 9.29 Å². The van der Waals surface area contributed by atoms with E-state index in [4.69, 9.17) is 8.94 Å². The molecule has 1 amide bonds. The molecule has 4 rings (SSSR count). The van der Waals surface area contributed by atoms with Gasteiger partial charge in [-0.1, -0.05) is 19.0 Å². The van der Waals surface area contributed by atoms with Crippen LogP contribution in [-0.2, 0) is 21.4 Å². The summed E-state index contributed by atoms with van der Waals surface area (Å²) in [6, 6.07) is 5.20. The maximum absolute atomic E-state index is 13.5. The van der Waals surface area contributed by atoms with Crippen LogP contribution in [0, 0.1) is 12.8 Å². The molecule has 0 aromatic carbocycles. The van der Waals surface area contributed by atoms with Crippen LogP contribution >= 0.6 is 11.3 Å². The van der Waals surface area contributed by atoms with Crippen LogP contribution in [0.4, 0.5) is 0 Å². The van der Waals surface area contributed by atoms with Crippen LogP contribution in [0.25, 0.3) is 10.7 Å². The molecule has 0 unspecified atom stereocenters. The van der Waals surface area contributed by atoms with Crippen molar-refractivity contribution >= 4 is 27.3 Å². The van der Waals surface area contributed by atoms with Crippen molar-refractivity contribution < 1.29 is 22.2 Å². The highest BCUT2D eigenvalue weighted by molar-refractivity contribution is 7.89. The van der Waals surface area contributed by atoms with Crippen LogP contribution in [0.15, 0.2) is 38.3 Å². The van der Waals surface area contributed by atoms with Gasteiger partial charge in [-0.25, -0.2) is 8.42 Å². The summed E-state index contributed by atoms with van der Waals surface area (Å²) < 4.78 is 39.0. The number of sulfonamides is 1. The first-order chi connectivity index (χ1) is 15.7. The predicted octanol–water partition coefficient (Wildman–Crippen LogP) is 3.88. The number of nitrogens with zero attached hydrogens (tertiary/aromatic N) is 4. The second-order valence-corrected chi connectivity index (χ2v) is 11.8. The normalized spacial score (nSPS) is 17.5. The van der Waals surface area contributed by atoms with Crippen molar-refractivity contribution in [3.05, 3.63) is 41.0 Å². The molecule has 0 bridgehead atoms. The van der Waals surface area contributed by atoms with Crippen molar-refractivity contribution in [1.82, 2.24) is 19.3 Å². The second-order valence-electron chi connectivity index (χ2n) is 8.62. The van der Waals surface area contributed by atoms with Crippen molar-refractivity contribution in [2.24, 2.45) is 5.92 Å². The minimum atomic E-state index is -3.76. The molecule has 3 aromatic rings. The number of hydrogen-bond acceptors (Lipinski definition) is 8. The minimum Gasteiger partial charge on any atom is -0.467 e. The molecule has 0 N–H and O–H groups in total. The topological polar surface area (TPSA) is 110 Å². The lowest BCUT2D eigenvalue weighted by Gasteiger charge is -2.33. The Kier molecular flexibility index (Phi) is 6.73. The number of aromatic nitrogens is 2. The maximum Gasteiger partial charge on any atom is 0.244 e. The summed E-state index contributed by atoms with van der Waals surface area (Å²) in [5.41, 5.74) is 0. The van der Waals surface area contributed by atoms with Gasteiger partial charge in [0, 0.05) is 30.9 Å². The van der Waals surface area contributed by atoms with Crippen LogP contribution in [0.5, 0.6) is 0 Å². The quantitative estimate of drug-likeness (QED) is 0.492. The van der Waals surface area contributed by atoms with Gasteiger partial charge in [0.2, 0.25) is 27.6 Å². The number of thiophene rings is 1. The molecule has 1 atom stereocenters. The van der Waals surface area contributed by atoms with Crippen molar-refractivity contribution in [3.8, 4) is 10.7 Å². The molecule has 0 radical (unpaired) electrons. The van der Waals surface area contributed by atoms with Gasteiger partial charge in [-0.3, -0.25) is 4.79 Å². The van der Waals surface area contributed by atoms with E-state index < -0.39 is 15.9 Å². The molecule has 3 aromatic heterocycles. The fraction of sp³-hybridized carbons (Fsp3) is 0.500. The number of amides is 1. The molecule has 0 saturated carbocycles. The third-order valence-corrected chi connectivity index (χ3v) is 8.90. The number of hydrogen-bond donors (Lipinski definition) is 0. The molecule has 178 valence electrons. The number of furan rings is 1. The number of carbonyl (C=O) groups is 1. The molecule has 9 nitrogen and oxygen atoms in total. The van der Waals surface area contributed by atoms with E-state index in [0.29, 0.717) is 53.2 Å². The van der Waals surface area contributed by atoms with Crippen molar-refractivity contribution in [2.45, 2.75) is 51.0 Å². The molecule has 11 heteroatoms. The molecule has 1 aliphatic rings. The Morgan fingerprint density at radius 2 is 2.18 bits per heavy atom. The predicted molar refractivity (Wildman–Crippen MR) is 123 cm³/mol. The highest BCUT2D eigenvalue weighted by Crippen LogP contribution is 2.35. The van der Waals surface area contributed by atoms with Crippen LogP contribution in [0.1, 0.15) is 49.1 Å². The van der Waals surface area contributed by atoms with Gasteiger partial charge in [0.05, 0.1) is 28.5 Å². The molecule has 0 aliphatic carbocycles. The number of piperidine rings is 1. The Hall–Kier alpha value is -2.50. The van der Waals surface area contributed by atoms with Crippen molar-refractivity contribution in [2.75, 3.05) is 20.1 Å². The van der Waals surface area contributed by atoms with Crippen molar-refractivity contribution in [3.63, 3.8) is 0 Å². The standard InChI is InChI=1S/C22H28N4O5S2/c1-14(2)21-23-20(24-31-21)18-11-19(15(3)32-18)33(28,29)26-9-5-7-16(12-26)22(27)25(4)13-17-8-6-10-30-17/h6,8,10-11,14,16H,5,7,9,12-13H2,1-4H3/t16-/m0/s1. The summed E-state index contributed by atoms with van der Waals surface area (Å²) in [4.78, 5) is 20.5. The SMILES string of the molecule is Cc1sc(-c2noc(C(C)C)n2)cc1S(=O)(=O)N1CCC[C@H](C(=O)N(C)Cc2ccco2)C1. The fourth-order valence-corrected chi connectivity index (χ4v) is 6.94. The number of rotatable bonds is 7. The maximum atomic E-state index is 13.5. The molecule has 1 aliphatic heterocycles. The first-order valence-electron chi connectivity index (χ1n) is 10.9. The third-order valence-electron chi connectivity index (χ3n) is 5.73. The zero-order valence-corrected chi connectivity index (χ0v) is 20.8. The van der Waals surface area contributed by atoms with Gasteiger partial charge in [-0.15, -0.1) is 11.3 Å². The van der Waals surface area contributed by atoms with Gasteiger partial charge >= 0.3 is 0 Å². The van der Waals surface area contributed by atoms with E-state index in [1.54, 1.807) is 37.3 Å². The van der Waals surface area contributed by atoms with E-state index in [1.807, 2.05) is 19.9 Å². The Morgan fingerprint density at radius 3 is 2.85 bits per heavy atom. The smallest absolute Gasteiger partial charge is 0.244 e. The molecule has 33 heavy (non-hydrogen) atoms. The lowest BCUT2D eigenvalue weighted by Crippen LogP contribution is -2.45. The number of carbonyl (C=O) groups excluding carboxylic acids is 1. The molecule has 1 fully saturated rings. The Bertz CT molecular complexity index is 1210. The largest absolute Gasteiger partial charge is 0.467 e. The van der Waals surface area contributed by atoms with Gasteiger partial charge < -0.3 is 13.8 Å². The third kappa shape index (κ3) is 4.90. The van der Waals surface area contributed by atoms with Gasteiger partial charge in [0.25, 0.3) is 0 Å². The highest BCUT2D eigenvalue weighted by atomic mass is 32.2.